The van der Waals surface area contributed by atoms with Gasteiger partial charge in [0.05, 0.1) is 41.5 Å². The number of fused-ring (bicyclic) bond motifs is 2. The maximum atomic E-state index is 11.9. The third-order valence-electron chi connectivity index (χ3n) is 4.57. The van der Waals surface area contributed by atoms with E-state index in [1.54, 1.807) is 0 Å². The van der Waals surface area contributed by atoms with E-state index < -0.39 is 51.6 Å². The molecule has 13 nitrogen and oxygen atoms in total. The Morgan fingerprint density at radius 2 is 1.16 bits per heavy atom. The van der Waals surface area contributed by atoms with Crippen molar-refractivity contribution in [3.8, 4) is 0 Å². The van der Waals surface area contributed by atoms with Gasteiger partial charge < -0.3 is 13.7 Å². The number of hydrogen-bond acceptors (Lipinski definition) is 12. The summed E-state index contributed by atoms with van der Waals surface area (Å²) in [5.74, 6) is -0.101. The summed E-state index contributed by atoms with van der Waals surface area (Å²) in [7, 11) is -15.8. The average Bonchev–Trinajstić information content (AvgIpc) is 2.64. The minimum absolute atomic E-state index is 0. The molecule has 2 bridgehead atoms. The van der Waals surface area contributed by atoms with Gasteiger partial charge in [-0.1, -0.05) is 13.8 Å². The van der Waals surface area contributed by atoms with Crippen molar-refractivity contribution in [2.75, 3.05) is 24.5 Å². The molecule has 0 heterocycles. The molecule has 2 rings (SSSR count). The zero-order chi connectivity index (χ0) is 25.0. The maximum absolute atomic E-state index is 11.9. The van der Waals surface area contributed by atoms with E-state index in [4.69, 9.17) is 43.5 Å². The van der Waals surface area contributed by atoms with Crippen LogP contribution < -0.4 is 0 Å². The molecular weight excluding hydrogens is 519 g/mol. The first-order valence-corrected chi connectivity index (χ1v) is 15.0. The molecule has 2 saturated carbocycles. The topological polar surface area (TPSA) is 243 Å². The van der Waals surface area contributed by atoms with Crippen molar-refractivity contribution in [2.45, 2.75) is 33.1 Å². The second kappa shape index (κ2) is 11.8. The number of rotatable bonds is 2. The van der Waals surface area contributed by atoms with Gasteiger partial charge in [-0.2, -0.15) is 8.42 Å². The van der Waals surface area contributed by atoms with E-state index >= 15 is 0 Å². The Balaban J connectivity index is -0.000000409. The van der Waals surface area contributed by atoms with Gasteiger partial charge in [-0.05, 0) is 24.2 Å². The molecule has 0 spiro atoms. The smallest absolute Gasteiger partial charge is 0.748 e. The van der Waals surface area contributed by atoms with Gasteiger partial charge in [0.1, 0.15) is 5.78 Å². The molecule has 0 saturated heterocycles. The molecule has 0 radical (unpaired) electrons. The predicted octanol–water partition coefficient (Wildman–Crippen LogP) is -1.63. The molecule has 0 amide bonds. The van der Waals surface area contributed by atoms with Gasteiger partial charge in [-0.25, -0.2) is 25.3 Å². The molecule has 182 valence electrons. The van der Waals surface area contributed by atoms with E-state index in [9.17, 15) is 13.2 Å². The number of Topliss-reactive ketones (excluding diaryl/α,β-unsaturated/α-hetero) is 1. The summed E-state index contributed by atoms with van der Waals surface area (Å²) in [5.41, 5.74) is -1.12. The molecule has 2 atom stereocenters. The summed E-state index contributed by atoms with van der Waals surface area (Å²) < 4.78 is 113. The van der Waals surface area contributed by atoms with Crippen LogP contribution in [0.15, 0.2) is 0 Å². The fraction of sp³-hybridized carbons (Fsp3) is 0.923. The molecule has 0 aromatic heterocycles. The summed E-state index contributed by atoms with van der Waals surface area (Å²) in [6.07, 6.45) is 3.78. The summed E-state index contributed by atoms with van der Waals surface area (Å²) in [6.45, 7) is 3.89. The van der Waals surface area contributed by atoms with Crippen molar-refractivity contribution in [1.29, 1.82) is 0 Å². The van der Waals surface area contributed by atoms with E-state index in [-0.39, 0.29) is 34.5 Å². The first-order valence-electron chi connectivity index (χ1n) is 7.90. The molecule has 0 aromatic rings. The molecule has 0 aromatic carbocycles. The van der Waals surface area contributed by atoms with Gasteiger partial charge in [0.2, 0.25) is 0 Å². The van der Waals surface area contributed by atoms with Crippen molar-refractivity contribution >= 4 is 63.6 Å². The first-order chi connectivity index (χ1) is 12.7. The third kappa shape index (κ3) is 17.0. The fourth-order valence-electron chi connectivity index (χ4n) is 3.42. The van der Waals surface area contributed by atoms with Crippen LogP contribution in [0.1, 0.15) is 33.1 Å². The average molecular weight is 545 g/mol. The summed E-state index contributed by atoms with van der Waals surface area (Å²) in [6, 6.07) is 0. The van der Waals surface area contributed by atoms with Gasteiger partial charge in [-0.3, -0.25) is 9.35 Å². The largest absolute Gasteiger partial charge is 3.00 e. The van der Waals surface area contributed by atoms with Crippen LogP contribution in [-0.2, 0) is 45.3 Å². The zero-order valence-electron chi connectivity index (χ0n) is 17.5. The molecule has 0 aliphatic heterocycles. The molecule has 18 heteroatoms. The number of ketones is 1. The summed E-state index contributed by atoms with van der Waals surface area (Å²) >= 11 is 0. The van der Waals surface area contributed by atoms with Crippen LogP contribution in [0, 0.1) is 16.7 Å². The molecule has 1 N–H and O–H groups in total. The van der Waals surface area contributed by atoms with Crippen LogP contribution in [0.3, 0.4) is 0 Å². The second-order valence-electron chi connectivity index (χ2n) is 7.51. The quantitative estimate of drug-likeness (QED) is 0.303. The predicted molar refractivity (Wildman–Crippen MR) is 108 cm³/mol. The Labute approximate surface area is 194 Å². The molecular formula is C13H25AlO13S4. The van der Waals surface area contributed by atoms with Crippen LogP contribution in [0.4, 0.5) is 0 Å². The molecule has 2 aliphatic carbocycles. The Bertz CT molecular complexity index is 932. The molecule has 0 unspecified atom stereocenters. The van der Waals surface area contributed by atoms with Gasteiger partial charge in [0.15, 0.2) is 0 Å². The van der Waals surface area contributed by atoms with Crippen molar-refractivity contribution < 1.29 is 56.7 Å². The van der Waals surface area contributed by atoms with E-state index in [1.807, 2.05) is 13.8 Å². The van der Waals surface area contributed by atoms with Crippen molar-refractivity contribution in [3.05, 3.63) is 0 Å². The Kier molecular flexibility index (Phi) is 13.5. The second-order valence-corrected chi connectivity index (χ2v) is 13.2. The summed E-state index contributed by atoms with van der Waals surface area (Å²) in [4.78, 5) is 11.9. The summed E-state index contributed by atoms with van der Waals surface area (Å²) in [5, 5.41) is 0. The Hall–Kier alpha value is -0.158. The van der Waals surface area contributed by atoms with E-state index in [0.29, 0.717) is 31.6 Å². The SMILES string of the molecule is CC1(C)[C@@H]2CC[C@@]1(CS(=O)(=O)O)C(=O)C2.CS(=O)(=O)[O-].CS(=O)(=O)[O-].CS(=O)(=O)[O-].[Al+3]. The molecule has 2 fully saturated rings. The third-order valence-corrected chi connectivity index (χ3v) is 5.43. The van der Waals surface area contributed by atoms with Crippen LogP contribution in [-0.4, -0.2) is 99.5 Å². The first kappa shape index (κ1) is 35.4. The van der Waals surface area contributed by atoms with E-state index in [0.717, 1.165) is 6.42 Å². The van der Waals surface area contributed by atoms with Gasteiger partial charge >= 0.3 is 17.4 Å². The van der Waals surface area contributed by atoms with Crippen molar-refractivity contribution in [1.82, 2.24) is 0 Å². The maximum Gasteiger partial charge on any atom is 3.00 e. The zero-order valence-corrected chi connectivity index (χ0v) is 21.9. The number of carbonyl (C=O) groups is 1. The minimum Gasteiger partial charge on any atom is -0.748 e. The van der Waals surface area contributed by atoms with Crippen LogP contribution in [0.5, 0.6) is 0 Å². The molecule has 31 heavy (non-hydrogen) atoms. The van der Waals surface area contributed by atoms with Gasteiger partial charge in [-0.15, -0.1) is 0 Å². The fourth-order valence-corrected chi connectivity index (χ4v) is 4.72. The number of hydrogen-bond donors (Lipinski definition) is 1. The van der Waals surface area contributed by atoms with Crippen LogP contribution in [0.25, 0.3) is 0 Å². The molecule has 2 aliphatic rings. The van der Waals surface area contributed by atoms with Crippen LogP contribution in [0.2, 0.25) is 0 Å². The van der Waals surface area contributed by atoms with Crippen molar-refractivity contribution in [3.63, 3.8) is 0 Å². The number of carbonyl (C=O) groups excluding carboxylic acids is 1. The van der Waals surface area contributed by atoms with Gasteiger partial charge in [0.25, 0.3) is 10.1 Å². The van der Waals surface area contributed by atoms with Crippen molar-refractivity contribution in [2.24, 2.45) is 16.7 Å². The standard InChI is InChI=1S/C10H16O4S.3CH4O3S.Al/c1-9(2)7-3-4-10(9,8(11)5-7)6-15(12,13)14;3*1-5(2,3)4;/h7H,3-6H2,1-2H3,(H,12,13,14);3*1H3,(H,2,3,4);/q;;;;+3/p-3/t7-,10-;;;;/m1..../s1. The van der Waals surface area contributed by atoms with Crippen LogP contribution >= 0.6 is 0 Å². The Morgan fingerprint density at radius 1 is 0.871 bits per heavy atom. The Morgan fingerprint density at radius 3 is 1.32 bits per heavy atom. The van der Waals surface area contributed by atoms with E-state index in [1.165, 1.54) is 0 Å². The van der Waals surface area contributed by atoms with Gasteiger partial charge in [0, 0.05) is 25.2 Å². The minimum atomic E-state index is -4.08. The monoisotopic (exact) mass is 544 g/mol. The van der Waals surface area contributed by atoms with E-state index in [2.05, 4.69) is 0 Å². The normalized spacial score (nSPS) is 24.3.